The Kier molecular flexibility index (Phi) is 16.7. The van der Waals surface area contributed by atoms with Crippen molar-refractivity contribution in [2.45, 2.75) is 53.4 Å². The molecule has 0 spiro atoms. The zero-order chi connectivity index (χ0) is 40.2. The maximum Gasteiger partial charge on any atom is 0.411 e. The highest BCUT2D eigenvalue weighted by molar-refractivity contribution is 5.87. The summed E-state index contributed by atoms with van der Waals surface area (Å²) >= 11 is 0. The molecule has 0 heterocycles. The molecule has 3 aromatic rings. The molecule has 0 saturated carbocycles. The molecule has 0 atom stereocenters. The molecule has 0 aliphatic heterocycles. The molecule has 3 rings (SSSR count). The molecule has 0 aromatic heterocycles. The molecular weight excluding hydrogens is 716 g/mol. The fourth-order valence-corrected chi connectivity index (χ4v) is 4.77. The van der Waals surface area contributed by atoms with Crippen LogP contribution in [0.3, 0.4) is 0 Å². The number of carbonyl (C=O) groups is 4. The Morgan fingerprint density at radius 2 is 1.07 bits per heavy atom. The Morgan fingerprint density at radius 1 is 0.600 bits per heavy atom. The lowest BCUT2D eigenvalue weighted by Crippen LogP contribution is -2.45. The number of nitrogens with one attached hydrogen (secondary N) is 3. The van der Waals surface area contributed by atoms with Gasteiger partial charge in [0.05, 0.1) is 17.1 Å². The topological polar surface area (TPSA) is 230 Å². The van der Waals surface area contributed by atoms with Crippen LogP contribution in [-0.2, 0) is 38.1 Å². The molecule has 17 nitrogen and oxygen atoms in total. The lowest BCUT2D eigenvalue weighted by atomic mass is 9.92. The van der Waals surface area contributed by atoms with Crippen LogP contribution in [-0.4, -0.2) is 68.9 Å². The van der Waals surface area contributed by atoms with Crippen LogP contribution in [0.25, 0.3) is 0 Å². The maximum atomic E-state index is 13.1. The number of nitrogens with zero attached hydrogens (tertiary/aromatic N) is 3. The van der Waals surface area contributed by atoms with E-state index in [4.69, 9.17) is 18.9 Å². The van der Waals surface area contributed by atoms with Gasteiger partial charge in [-0.3, -0.25) is 20.7 Å². The molecule has 0 radical (unpaired) electrons. The van der Waals surface area contributed by atoms with Crippen LogP contribution in [0.2, 0.25) is 0 Å². The summed E-state index contributed by atoms with van der Waals surface area (Å²) in [5.74, 6) is -0.592. The van der Waals surface area contributed by atoms with Gasteiger partial charge in [-0.15, -0.1) is 0 Å². The highest BCUT2D eigenvalue weighted by Crippen LogP contribution is 2.27. The number of ether oxygens (including phenoxy) is 4. The lowest BCUT2D eigenvalue weighted by Gasteiger charge is -2.31. The van der Waals surface area contributed by atoms with Crippen LogP contribution in [0.5, 0.6) is 0 Å². The first kappa shape index (κ1) is 42.5. The number of aliphatic imine (C=N–C) groups is 3. The second-order valence-electron chi connectivity index (χ2n) is 12.3. The number of amides is 3. The standard InChI is InChI=1S/C38H40N6O11/c1-5-6-7-8-34(48)52-18-38(19-53-35(49)42-29-13-10-25(2)31(16-29)40-23-46,20-54-36(50)43-30-14-11-26(3)32(17-30)41-24-47)21-55-37(51)44-33-15-28(39-22-45)12-9-27(33)4/h9-17H,5-8,18-21H2,1-4H3,(H,42,49)(H,43,50)(H,44,51). The Bertz CT molecular complexity index is 1930. The lowest BCUT2D eigenvalue weighted by molar-refractivity contribution is -0.151. The van der Waals surface area contributed by atoms with Gasteiger partial charge < -0.3 is 18.9 Å². The fraction of sp³-hybridized carbons (Fsp3) is 0.342. The van der Waals surface area contributed by atoms with E-state index in [0.717, 1.165) is 12.8 Å². The molecule has 0 bridgehead atoms. The average molecular weight is 757 g/mol. The minimum Gasteiger partial charge on any atom is -0.465 e. The molecule has 288 valence electrons. The van der Waals surface area contributed by atoms with E-state index in [-0.39, 0.29) is 40.5 Å². The first-order chi connectivity index (χ1) is 26.4. The summed E-state index contributed by atoms with van der Waals surface area (Å²) < 4.78 is 22.1. The second kappa shape index (κ2) is 21.6. The third kappa shape index (κ3) is 14.2. The number of aryl methyl sites for hydroxylation is 3. The summed E-state index contributed by atoms with van der Waals surface area (Å²) in [5, 5.41) is 7.56. The zero-order valence-corrected chi connectivity index (χ0v) is 30.7. The summed E-state index contributed by atoms with van der Waals surface area (Å²) in [6.45, 7) is 4.70. The van der Waals surface area contributed by atoms with Gasteiger partial charge in [0.15, 0.2) is 0 Å². The van der Waals surface area contributed by atoms with Crippen LogP contribution in [0.1, 0.15) is 49.3 Å². The Hall–Kier alpha value is -6.92. The molecule has 55 heavy (non-hydrogen) atoms. The van der Waals surface area contributed by atoms with Crippen molar-refractivity contribution in [2.24, 2.45) is 20.4 Å². The van der Waals surface area contributed by atoms with Crippen molar-refractivity contribution in [3.05, 3.63) is 71.3 Å². The quantitative estimate of drug-likeness (QED) is 0.0375. The Morgan fingerprint density at radius 3 is 1.56 bits per heavy atom. The molecule has 3 N–H and O–H groups in total. The third-order valence-electron chi connectivity index (χ3n) is 7.93. The van der Waals surface area contributed by atoms with Gasteiger partial charge in [-0.05, 0) is 80.3 Å². The predicted octanol–water partition coefficient (Wildman–Crippen LogP) is 7.67. The first-order valence-corrected chi connectivity index (χ1v) is 16.9. The number of rotatable bonds is 18. The van der Waals surface area contributed by atoms with Crippen LogP contribution in [0, 0.1) is 26.2 Å². The van der Waals surface area contributed by atoms with Gasteiger partial charge in [0, 0.05) is 23.5 Å². The molecule has 0 fully saturated rings. The highest BCUT2D eigenvalue weighted by Gasteiger charge is 2.38. The normalized spacial score (nSPS) is 11.2. The number of hydrogen-bond donors (Lipinski definition) is 3. The van der Waals surface area contributed by atoms with Crippen molar-refractivity contribution in [1.29, 1.82) is 0 Å². The van der Waals surface area contributed by atoms with Gasteiger partial charge in [-0.25, -0.2) is 28.8 Å². The smallest absolute Gasteiger partial charge is 0.411 e. The molecule has 0 saturated heterocycles. The number of isocyanates is 3. The monoisotopic (exact) mass is 756 g/mol. The van der Waals surface area contributed by atoms with Crippen LogP contribution in [0.15, 0.2) is 69.6 Å². The fourth-order valence-electron chi connectivity index (χ4n) is 4.77. The van der Waals surface area contributed by atoms with Crippen molar-refractivity contribution in [3.8, 4) is 0 Å². The molecule has 3 aromatic carbocycles. The van der Waals surface area contributed by atoms with E-state index in [9.17, 15) is 33.6 Å². The third-order valence-corrected chi connectivity index (χ3v) is 7.93. The molecule has 0 aliphatic rings. The van der Waals surface area contributed by atoms with Gasteiger partial charge in [0.2, 0.25) is 18.2 Å². The maximum absolute atomic E-state index is 13.1. The molecule has 17 heteroatoms. The van der Waals surface area contributed by atoms with Crippen LogP contribution >= 0.6 is 0 Å². The number of anilines is 3. The van der Waals surface area contributed by atoms with Crippen LogP contribution < -0.4 is 16.0 Å². The molecular formula is C38H40N6O11. The van der Waals surface area contributed by atoms with Gasteiger partial charge >= 0.3 is 24.2 Å². The van der Waals surface area contributed by atoms with Gasteiger partial charge in [-0.2, -0.15) is 15.0 Å². The van der Waals surface area contributed by atoms with Crippen molar-refractivity contribution >= 4 is 76.6 Å². The summed E-state index contributed by atoms with van der Waals surface area (Å²) in [4.78, 5) is 95.2. The van der Waals surface area contributed by atoms with Gasteiger partial charge in [-0.1, -0.05) is 38.0 Å². The number of carbonyl (C=O) groups excluding carboxylic acids is 7. The van der Waals surface area contributed by atoms with E-state index in [1.807, 2.05) is 6.92 Å². The molecule has 3 amide bonds. The largest absolute Gasteiger partial charge is 0.465 e. The first-order valence-electron chi connectivity index (χ1n) is 16.9. The summed E-state index contributed by atoms with van der Waals surface area (Å²) in [6.07, 6.45) is 3.57. The van der Waals surface area contributed by atoms with E-state index in [1.54, 1.807) is 57.2 Å². The Labute approximate surface area is 316 Å². The summed E-state index contributed by atoms with van der Waals surface area (Å²) in [6, 6.07) is 13.7. The average Bonchev–Trinajstić information content (AvgIpc) is 3.15. The number of unbranched alkanes of at least 4 members (excludes halogenated alkanes) is 2. The van der Waals surface area contributed by atoms with Crippen LogP contribution in [0.4, 0.5) is 48.5 Å². The molecule has 0 unspecified atom stereocenters. The number of benzene rings is 3. The van der Waals surface area contributed by atoms with Gasteiger partial charge in [0.1, 0.15) is 31.8 Å². The second-order valence-corrected chi connectivity index (χ2v) is 12.3. The predicted molar refractivity (Wildman–Crippen MR) is 199 cm³/mol. The highest BCUT2D eigenvalue weighted by atomic mass is 16.6. The minimum atomic E-state index is -1.67. The van der Waals surface area contributed by atoms with E-state index >= 15 is 0 Å². The van der Waals surface area contributed by atoms with Crippen molar-refractivity contribution < 1.29 is 52.5 Å². The van der Waals surface area contributed by atoms with E-state index < -0.39 is 56.1 Å². The van der Waals surface area contributed by atoms with Gasteiger partial charge in [0.25, 0.3) is 0 Å². The SMILES string of the molecule is CCCCCC(=O)OCC(COC(=O)Nc1ccc(C)c(N=C=O)c1)(COC(=O)Nc1ccc(C)c(N=C=O)c1)COC(=O)Nc1cc(N=C=O)ccc1C. The summed E-state index contributed by atoms with van der Waals surface area (Å²) in [5.41, 5.74) is 1.64. The van der Waals surface area contributed by atoms with E-state index in [0.29, 0.717) is 23.1 Å². The summed E-state index contributed by atoms with van der Waals surface area (Å²) in [7, 11) is 0. The number of esters is 1. The number of hydrogen-bond acceptors (Lipinski definition) is 14. The Balaban J connectivity index is 1.90. The van der Waals surface area contributed by atoms with E-state index in [2.05, 4.69) is 30.9 Å². The van der Waals surface area contributed by atoms with Crippen molar-refractivity contribution in [1.82, 2.24) is 0 Å². The van der Waals surface area contributed by atoms with Crippen molar-refractivity contribution in [3.63, 3.8) is 0 Å². The van der Waals surface area contributed by atoms with E-state index in [1.165, 1.54) is 36.4 Å². The minimum absolute atomic E-state index is 0.0743. The van der Waals surface area contributed by atoms with Crippen molar-refractivity contribution in [2.75, 3.05) is 42.4 Å². The molecule has 0 aliphatic carbocycles. The zero-order valence-electron chi connectivity index (χ0n) is 30.7.